The van der Waals surface area contributed by atoms with Gasteiger partial charge in [0.1, 0.15) is 0 Å². The van der Waals surface area contributed by atoms with E-state index in [0.717, 1.165) is 24.2 Å². The smallest absolute Gasteiger partial charge is 0.0641 e. The molecular formula is C11H24N2OS. The molecule has 0 bridgehead atoms. The SMILES string of the molecule is CCOCC(CSC1CCCCC1)NN. The summed E-state index contributed by atoms with van der Waals surface area (Å²) in [6.45, 7) is 3.51. The fourth-order valence-corrected chi connectivity index (χ4v) is 3.25. The Bertz CT molecular complexity index is 152. The number of hydrazine groups is 1. The molecule has 0 aromatic heterocycles. The first-order valence-electron chi connectivity index (χ1n) is 6.02. The second-order valence-electron chi connectivity index (χ2n) is 4.12. The molecule has 3 nitrogen and oxygen atoms in total. The highest BCUT2D eigenvalue weighted by Gasteiger charge is 2.16. The van der Waals surface area contributed by atoms with Gasteiger partial charge in [-0.3, -0.25) is 11.3 Å². The van der Waals surface area contributed by atoms with E-state index < -0.39 is 0 Å². The van der Waals surface area contributed by atoms with Crippen LogP contribution in [0.15, 0.2) is 0 Å². The molecule has 1 fully saturated rings. The highest BCUT2D eigenvalue weighted by Crippen LogP contribution is 2.28. The van der Waals surface area contributed by atoms with Gasteiger partial charge in [0.15, 0.2) is 0 Å². The summed E-state index contributed by atoms with van der Waals surface area (Å²) < 4.78 is 5.37. The summed E-state index contributed by atoms with van der Waals surface area (Å²) in [4.78, 5) is 0. The highest BCUT2D eigenvalue weighted by molar-refractivity contribution is 7.99. The zero-order valence-corrected chi connectivity index (χ0v) is 10.5. The Hall–Kier alpha value is 0.230. The molecule has 15 heavy (non-hydrogen) atoms. The lowest BCUT2D eigenvalue weighted by atomic mass is 10.0. The van der Waals surface area contributed by atoms with Crippen LogP contribution in [-0.2, 0) is 4.74 Å². The first-order chi connectivity index (χ1) is 7.36. The average molecular weight is 232 g/mol. The van der Waals surface area contributed by atoms with Crippen LogP contribution in [0.2, 0.25) is 0 Å². The van der Waals surface area contributed by atoms with Gasteiger partial charge in [0, 0.05) is 17.6 Å². The molecule has 1 aliphatic carbocycles. The first-order valence-corrected chi connectivity index (χ1v) is 7.07. The Kier molecular flexibility index (Phi) is 7.44. The van der Waals surface area contributed by atoms with Crippen molar-refractivity contribution >= 4 is 11.8 Å². The number of nitrogens with two attached hydrogens (primary N) is 1. The van der Waals surface area contributed by atoms with Crippen molar-refractivity contribution in [3.63, 3.8) is 0 Å². The summed E-state index contributed by atoms with van der Waals surface area (Å²) in [6.07, 6.45) is 7.01. The van der Waals surface area contributed by atoms with Gasteiger partial charge >= 0.3 is 0 Å². The van der Waals surface area contributed by atoms with Crippen molar-refractivity contribution < 1.29 is 4.74 Å². The normalized spacial score (nSPS) is 20.4. The van der Waals surface area contributed by atoms with Crippen molar-refractivity contribution in [2.75, 3.05) is 19.0 Å². The quantitative estimate of drug-likeness (QED) is 0.520. The second-order valence-corrected chi connectivity index (χ2v) is 5.45. The van der Waals surface area contributed by atoms with Gasteiger partial charge < -0.3 is 4.74 Å². The molecule has 0 aromatic rings. The minimum atomic E-state index is 0.303. The van der Waals surface area contributed by atoms with E-state index in [1.807, 2.05) is 6.92 Å². The van der Waals surface area contributed by atoms with E-state index in [1.54, 1.807) is 0 Å². The third-order valence-corrected chi connectivity index (χ3v) is 4.38. The largest absolute Gasteiger partial charge is 0.380 e. The van der Waals surface area contributed by atoms with E-state index in [1.165, 1.54) is 32.1 Å². The Morgan fingerprint density at radius 3 is 2.73 bits per heavy atom. The van der Waals surface area contributed by atoms with E-state index in [0.29, 0.717) is 6.04 Å². The number of thioether (sulfide) groups is 1. The van der Waals surface area contributed by atoms with Gasteiger partial charge in [-0.25, -0.2) is 0 Å². The molecule has 0 aromatic carbocycles. The number of ether oxygens (including phenoxy) is 1. The molecule has 4 heteroatoms. The topological polar surface area (TPSA) is 47.3 Å². The Morgan fingerprint density at radius 1 is 1.40 bits per heavy atom. The van der Waals surface area contributed by atoms with Crippen molar-refractivity contribution in [3.05, 3.63) is 0 Å². The first kappa shape index (κ1) is 13.3. The van der Waals surface area contributed by atoms with Crippen LogP contribution in [0.4, 0.5) is 0 Å². The second kappa shape index (κ2) is 8.39. The zero-order valence-electron chi connectivity index (χ0n) is 9.71. The summed E-state index contributed by atoms with van der Waals surface area (Å²) in [6, 6.07) is 0.303. The third kappa shape index (κ3) is 5.76. The van der Waals surface area contributed by atoms with Gasteiger partial charge in [-0.05, 0) is 19.8 Å². The van der Waals surface area contributed by atoms with Crippen LogP contribution >= 0.6 is 11.8 Å². The van der Waals surface area contributed by atoms with Crippen molar-refractivity contribution in [2.45, 2.75) is 50.3 Å². The van der Waals surface area contributed by atoms with Crippen molar-refractivity contribution in [3.8, 4) is 0 Å². The molecule has 1 atom stereocenters. The number of hydrogen-bond acceptors (Lipinski definition) is 4. The monoisotopic (exact) mass is 232 g/mol. The molecule has 0 aliphatic heterocycles. The van der Waals surface area contributed by atoms with Gasteiger partial charge in [0.25, 0.3) is 0 Å². The van der Waals surface area contributed by atoms with Gasteiger partial charge in [-0.1, -0.05) is 19.3 Å². The van der Waals surface area contributed by atoms with Crippen LogP contribution in [-0.4, -0.2) is 30.3 Å². The van der Waals surface area contributed by atoms with Crippen LogP contribution in [0.5, 0.6) is 0 Å². The Balaban J connectivity index is 2.09. The molecule has 1 rings (SSSR count). The summed E-state index contributed by atoms with van der Waals surface area (Å²) in [5.41, 5.74) is 2.83. The standard InChI is InChI=1S/C11H24N2OS/c1-2-14-8-10(13-12)9-15-11-6-4-3-5-7-11/h10-11,13H,2-9,12H2,1H3. The fraction of sp³-hybridized carbons (Fsp3) is 1.00. The lowest BCUT2D eigenvalue weighted by molar-refractivity contribution is 0.129. The molecule has 1 unspecified atom stereocenters. The van der Waals surface area contributed by atoms with Gasteiger partial charge in [-0.2, -0.15) is 11.8 Å². The summed E-state index contributed by atoms with van der Waals surface area (Å²) in [7, 11) is 0. The molecule has 0 amide bonds. The van der Waals surface area contributed by atoms with Gasteiger partial charge in [0.2, 0.25) is 0 Å². The Morgan fingerprint density at radius 2 is 2.13 bits per heavy atom. The molecule has 0 radical (unpaired) electrons. The minimum absolute atomic E-state index is 0.303. The highest BCUT2D eigenvalue weighted by atomic mass is 32.2. The molecule has 1 saturated carbocycles. The predicted molar refractivity (Wildman–Crippen MR) is 66.9 cm³/mol. The van der Waals surface area contributed by atoms with E-state index in [9.17, 15) is 0 Å². The molecular weight excluding hydrogens is 208 g/mol. The van der Waals surface area contributed by atoms with E-state index in [4.69, 9.17) is 10.6 Å². The van der Waals surface area contributed by atoms with Crippen LogP contribution in [0.3, 0.4) is 0 Å². The van der Waals surface area contributed by atoms with Crippen LogP contribution in [0, 0.1) is 0 Å². The predicted octanol–water partition coefficient (Wildman–Crippen LogP) is 1.92. The van der Waals surface area contributed by atoms with Crippen molar-refractivity contribution in [2.24, 2.45) is 5.84 Å². The summed E-state index contributed by atoms with van der Waals surface area (Å²) >= 11 is 2.06. The number of hydrogen-bond donors (Lipinski definition) is 2. The van der Waals surface area contributed by atoms with Crippen LogP contribution in [0.25, 0.3) is 0 Å². The van der Waals surface area contributed by atoms with E-state index in [2.05, 4.69) is 17.2 Å². The van der Waals surface area contributed by atoms with E-state index in [-0.39, 0.29) is 0 Å². The molecule has 0 saturated heterocycles. The Labute approximate surface area is 97.5 Å². The lowest BCUT2D eigenvalue weighted by Crippen LogP contribution is -2.41. The van der Waals surface area contributed by atoms with Crippen LogP contribution in [0.1, 0.15) is 39.0 Å². The van der Waals surface area contributed by atoms with E-state index >= 15 is 0 Å². The molecule has 0 heterocycles. The maximum absolute atomic E-state index is 5.49. The minimum Gasteiger partial charge on any atom is -0.380 e. The maximum atomic E-state index is 5.49. The number of rotatable bonds is 7. The molecule has 1 aliphatic rings. The zero-order chi connectivity index (χ0) is 10.9. The number of nitrogens with one attached hydrogen (secondary N) is 1. The molecule has 90 valence electrons. The summed E-state index contributed by atoms with van der Waals surface area (Å²) in [5.74, 6) is 6.56. The summed E-state index contributed by atoms with van der Waals surface area (Å²) in [5, 5.41) is 0.858. The molecule has 0 spiro atoms. The van der Waals surface area contributed by atoms with Crippen molar-refractivity contribution in [1.29, 1.82) is 0 Å². The van der Waals surface area contributed by atoms with Crippen molar-refractivity contribution in [1.82, 2.24) is 5.43 Å². The van der Waals surface area contributed by atoms with Gasteiger partial charge in [0.05, 0.1) is 12.6 Å². The molecule has 3 N–H and O–H groups in total. The average Bonchev–Trinajstić information content (AvgIpc) is 2.31. The van der Waals surface area contributed by atoms with Crippen LogP contribution < -0.4 is 11.3 Å². The lowest BCUT2D eigenvalue weighted by Gasteiger charge is -2.23. The maximum Gasteiger partial charge on any atom is 0.0641 e. The van der Waals surface area contributed by atoms with Gasteiger partial charge in [-0.15, -0.1) is 0 Å². The third-order valence-electron chi connectivity index (χ3n) is 2.84. The fourth-order valence-electron chi connectivity index (χ4n) is 1.89.